The highest BCUT2D eigenvalue weighted by Crippen LogP contribution is 2.47. The van der Waals surface area contributed by atoms with E-state index in [1.54, 1.807) is 0 Å². The minimum absolute atomic E-state index is 0.198. The zero-order valence-electron chi connectivity index (χ0n) is 19.1. The summed E-state index contributed by atoms with van der Waals surface area (Å²) in [6, 6.07) is 37.6. The van der Waals surface area contributed by atoms with E-state index in [0.717, 1.165) is 39.8 Å². The van der Waals surface area contributed by atoms with E-state index in [4.69, 9.17) is 28.3 Å². The van der Waals surface area contributed by atoms with Gasteiger partial charge in [-0.3, -0.25) is 0 Å². The molecule has 2 nitrogen and oxygen atoms in total. The number of nitrogens with zero attached hydrogens (tertiary/aromatic N) is 2. The van der Waals surface area contributed by atoms with Crippen molar-refractivity contribution in [3.63, 3.8) is 0 Å². The molecule has 0 saturated heterocycles. The van der Waals surface area contributed by atoms with Crippen molar-refractivity contribution in [2.24, 2.45) is 0 Å². The van der Waals surface area contributed by atoms with Gasteiger partial charge >= 0.3 is 0 Å². The Morgan fingerprint density at radius 2 is 1.23 bits per heavy atom. The fraction of sp³-hybridized carbons (Fsp3) is 0.129. The first kappa shape index (κ1) is 22.2. The summed E-state index contributed by atoms with van der Waals surface area (Å²) in [5.74, 6) is 0.549. The lowest BCUT2D eigenvalue weighted by molar-refractivity contribution is 0.523. The molecule has 4 heteroatoms. The lowest BCUT2D eigenvalue weighted by Crippen LogP contribution is -2.20. The summed E-state index contributed by atoms with van der Waals surface area (Å²) in [5, 5.41) is 6.75. The van der Waals surface area contributed by atoms with E-state index in [1.807, 2.05) is 30.3 Å². The fourth-order valence-electron chi connectivity index (χ4n) is 5.33. The molecule has 1 heterocycles. The summed E-state index contributed by atoms with van der Waals surface area (Å²) < 4.78 is 2.16. The molecule has 0 fully saturated rings. The Labute approximate surface area is 215 Å². The van der Waals surface area contributed by atoms with Crippen molar-refractivity contribution in [2.45, 2.75) is 24.7 Å². The average Bonchev–Trinajstić information content (AvgIpc) is 3.30. The van der Waals surface area contributed by atoms with E-state index >= 15 is 0 Å². The molecule has 0 N–H and O–H groups in total. The second-order valence-corrected chi connectivity index (χ2v) is 9.99. The summed E-state index contributed by atoms with van der Waals surface area (Å²) in [6.45, 7) is 0. The number of fused-ring (bicyclic) bond motifs is 1. The maximum Gasteiger partial charge on any atom is 0.0968 e. The lowest BCUT2D eigenvalue weighted by atomic mass is 9.73. The van der Waals surface area contributed by atoms with Gasteiger partial charge in [-0.25, -0.2) is 4.68 Å². The zero-order valence-corrected chi connectivity index (χ0v) is 20.6. The molecule has 1 aromatic heterocycles. The monoisotopic (exact) mass is 494 g/mol. The predicted molar refractivity (Wildman–Crippen MR) is 145 cm³/mol. The van der Waals surface area contributed by atoms with E-state index < -0.39 is 0 Å². The molecule has 5 aromatic rings. The minimum atomic E-state index is 0.198. The first-order valence-corrected chi connectivity index (χ1v) is 12.7. The molecule has 6 rings (SSSR count). The summed E-state index contributed by atoms with van der Waals surface area (Å²) in [7, 11) is 0. The third-order valence-electron chi connectivity index (χ3n) is 6.99. The van der Waals surface area contributed by atoms with Crippen LogP contribution >= 0.6 is 23.2 Å². The van der Waals surface area contributed by atoms with Crippen LogP contribution in [0.3, 0.4) is 0 Å². The van der Waals surface area contributed by atoms with E-state index in [-0.39, 0.29) is 5.92 Å². The van der Waals surface area contributed by atoms with Crippen LogP contribution in [0.1, 0.15) is 40.6 Å². The smallest absolute Gasteiger partial charge is 0.0968 e. The van der Waals surface area contributed by atoms with Crippen LogP contribution in [-0.4, -0.2) is 9.78 Å². The Hall–Kier alpha value is -3.33. The van der Waals surface area contributed by atoms with Crippen LogP contribution in [0.15, 0.2) is 109 Å². The van der Waals surface area contributed by atoms with Gasteiger partial charge in [0.15, 0.2) is 0 Å². The number of halogens is 2. The van der Waals surface area contributed by atoms with E-state index in [0.29, 0.717) is 5.92 Å². The topological polar surface area (TPSA) is 17.8 Å². The zero-order chi connectivity index (χ0) is 23.8. The van der Waals surface area contributed by atoms with Gasteiger partial charge in [-0.2, -0.15) is 5.10 Å². The van der Waals surface area contributed by atoms with Gasteiger partial charge in [0.1, 0.15) is 0 Å². The molecule has 0 spiro atoms. The molecular formula is C31H24Cl2N2. The molecule has 0 bridgehead atoms. The standard InChI is InChI=1S/C31H24Cl2N2/c32-25-15-11-21(12-16-25)24-19-28(22-13-17-26(33)18-14-22)30-29(20-24)35(27-9-5-2-6-10-27)34-31(30)23-7-3-1-4-8-23/h1-18,24,28H,19-20H2. The average molecular weight is 495 g/mol. The molecule has 172 valence electrons. The Bertz CT molecular complexity index is 1440. The summed E-state index contributed by atoms with van der Waals surface area (Å²) in [6.07, 6.45) is 1.91. The SMILES string of the molecule is Clc1ccc(C2Cc3c(c(-c4ccccc4)nn3-c3ccccc3)C(c3ccc(Cl)cc3)C2)cc1. The van der Waals surface area contributed by atoms with Crippen LogP contribution < -0.4 is 0 Å². The molecule has 35 heavy (non-hydrogen) atoms. The van der Waals surface area contributed by atoms with Crippen molar-refractivity contribution in [3.05, 3.63) is 142 Å². The third kappa shape index (κ3) is 4.29. The van der Waals surface area contributed by atoms with E-state index in [1.165, 1.54) is 22.4 Å². The quantitative estimate of drug-likeness (QED) is 0.244. The minimum Gasteiger partial charge on any atom is -0.237 e. The van der Waals surface area contributed by atoms with Crippen LogP contribution in [0.5, 0.6) is 0 Å². The first-order valence-electron chi connectivity index (χ1n) is 11.9. The van der Waals surface area contributed by atoms with Crippen LogP contribution in [0.4, 0.5) is 0 Å². The van der Waals surface area contributed by atoms with Crippen LogP contribution in [0, 0.1) is 0 Å². The van der Waals surface area contributed by atoms with Crippen LogP contribution in [0.25, 0.3) is 16.9 Å². The fourth-order valence-corrected chi connectivity index (χ4v) is 5.58. The van der Waals surface area contributed by atoms with Crippen molar-refractivity contribution in [1.29, 1.82) is 0 Å². The normalized spacial score (nSPS) is 17.2. The molecule has 1 aliphatic carbocycles. The van der Waals surface area contributed by atoms with E-state index in [9.17, 15) is 0 Å². The summed E-state index contributed by atoms with van der Waals surface area (Å²) in [5.41, 5.74) is 8.42. The number of hydrogen-bond donors (Lipinski definition) is 0. The second kappa shape index (κ2) is 9.37. The third-order valence-corrected chi connectivity index (χ3v) is 7.50. The molecular weight excluding hydrogens is 471 g/mol. The van der Waals surface area contributed by atoms with Crippen molar-refractivity contribution in [1.82, 2.24) is 9.78 Å². The molecule has 2 unspecified atom stereocenters. The van der Waals surface area contributed by atoms with Crippen LogP contribution in [0.2, 0.25) is 10.0 Å². The number of aromatic nitrogens is 2. The van der Waals surface area contributed by atoms with Gasteiger partial charge in [-0.15, -0.1) is 0 Å². The summed E-state index contributed by atoms with van der Waals surface area (Å²) in [4.78, 5) is 0. The molecule has 4 aromatic carbocycles. The number of benzene rings is 4. The van der Waals surface area contributed by atoms with Gasteiger partial charge in [-0.1, -0.05) is 96.0 Å². The second-order valence-electron chi connectivity index (χ2n) is 9.11. The van der Waals surface area contributed by atoms with Crippen molar-refractivity contribution in [2.75, 3.05) is 0 Å². The van der Waals surface area contributed by atoms with Gasteiger partial charge in [0, 0.05) is 32.8 Å². The van der Waals surface area contributed by atoms with Crippen molar-refractivity contribution < 1.29 is 0 Å². The first-order chi connectivity index (χ1) is 17.2. The molecule has 0 saturated carbocycles. The van der Waals surface area contributed by atoms with Crippen molar-refractivity contribution >= 4 is 23.2 Å². The highest BCUT2D eigenvalue weighted by Gasteiger charge is 2.35. The molecule has 2 atom stereocenters. The largest absolute Gasteiger partial charge is 0.237 e. The van der Waals surface area contributed by atoms with Crippen molar-refractivity contribution in [3.8, 4) is 16.9 Å². The molecule has 0 amide bonds. The van der Waals surface area contributed by atoms with Crippen LogP contribution in [-0.2, 0) is 6.42 Å². The predicted octanol–water partition coefficient (Wildman–Crippen LogP) is 8.71. The van der Waals surface area contributed by atoms with E-state index in [2.05, 4.69) is 83.5 Å². The number of hydrogen-bond acceptors (Lipinski definition) is 1. The Morgan fingerprint density at radius 3 is 1.86 bits per heavy atom. The van der Waals surface area contributed by atoms with Gasteiger partial charge in [0.2, 0.25) is 0 Å². The van der Waals surface area contributed by atoms with Gasteiger partial charge in [-0.05, 0) is 66.3 Å². The number of rotatable bonds is 4. The Morgan fingerprint density at radius 1 is 0.657 bits per heavy atom. The maximum absolute atomic E-state index is 6.27. The Kier molecular flexibility index (Phi) is 5.93. The Balaban J connectivity index is 1.58. The lowest BCUT2D eigenvalue weighted by Gasteiger charge is -2.31. The highest BCUT2D eigenvalue weighted by molar-refractivity contribution is 6.30. The van der Waals surface area contributed by atoms with Gasteiger partial charge < -0.3 is 0 Å². The van der Waals surface area contributed by atoms with Gasteiger partial charge in [0.25, 0.3) is 0 Å². The summed E-state index contributed by atoms with van der Waals surface area (Å²) >= 11 is 12.5. The molecule has 0 aliphatic heterocycles. The highest BCUT2D eigenvalue weighted by atomic mass is 35.5. The molecule has 1 aliphatic rings. The number of para-hydroxylation sites is 1. The maximum atomic E-state index is 6.27. The van der Waals surface area contributed by atoms with Gasteiger partial charge in [0.05, 0.1) is 11.4 Å². The molecule has 0 radical (unpaired) electrons.